The minimum absolute atomic E-state index is 0.0107. The number of hydrogen-bond donors (Lipinski definition) is 1. The highest BCUT2D eigenvalue weighted by atomic mass is 32.1. The van der Waals surface area contributed by atoms with Gasteiger partial charge in [0.15, 0.2) is 0 Å². The van der Waals surface area contributed by atoms with Gasteiger partial charge >= 0.3 is 5.97 Å². The topological polar surface area (TPSA) is 66.8 Å². The number of carboxylic acids is 1. The van der Waals surface area contributed by atoms with Gasteiger partial charge in [0.25, 0.3) is 5.91 Å². The third-order valence-corrected chi connectivity index (χ3v) is 3.80. The Bertz CT molecular complexity index is 460. The first-order chi connectivity index (χ1) is 8.47. The molecule has 2 atom stereocenters. The van der Waals surface area contributed by atoms with Crippen LogP contribution in [0.3, 0.4) is 0 Å². The second kappa shape index (κ2) is 5.07. The molecule has 1 amide bonds. The van der Waals surface area contributed by atoms with E-state index in [2.05, 4.69) is 0 Å². The smallest absolute Gasteiger partial charge is 0.345 e. The molecule has 1 aromatic rings. The molecule has 98 valence electrons. The minimum atomic E-state index is -0.997. The maximum absolute atomic E-state index is 12.2. The Kier molecular flexibility index (Phi) is 3.68. The molecule has 0 radical (unpaired) electrons. The fraction of sp³-hybridized carbons (Fsp3) is 0.500. The molecule has 1 aliphatic rings. The van der Waals surface area contributed by atoms with Crippen molar-refractivity contribution in [3.05, 3.63) is 21.9 Å². The standard InChI is InChI=1S/C12H15NO4S/c1-7-5-13(6-8(2)17-7)11(14)9-3-4-10(18-9)12(15)16/h3-4,7-8H,5-6H2,1-2H3,(H,15,16). The molecule has 1 saturated heterocycles. The van der Waals surface area contributed by atoms with Crippen molar-refractivity contribution in [1.29, 1.82) is 0 Å². The van der Waals surface area contributed by atoms with Crippen LogP contribution in [-0.2, 0) is 4.74 Å². The van der Waals surface area contributed by atoms with Gasteiger partial charge in [-0.3, -0.25) is 4.79 Å². The maximum atomic E-state index is 12.2. The summed E-state index contributed by atoms with van der Waals surface area (Å²) < 4.78 is 5.56. The summed E-state index contributed by atoms with van der Waals surface area (Å²) in [6.45, 7) is 4.94. The summed E-state index contributed by atoms with van der Waals surface area (Å²) in [4.78, 5) is 25.4. The maximum Gasteiger partial charge on any atom is 0.345 e. The van der Waals surface area contributed by atoms with E-state index in [1.165, 1.54) is 6.07 Å². The van der Waals surface area contributed by atoms with Crippen molar-refractivity contribution in [2.75, 3.05) is 13.1 Å². The lowest BCUT2D eigenvalue weighted by Gasteiger charge is -2.35. The number of hydrogen-bond acceptors (Lipinski definition) is 4. The first-order valence-corrected chi connectivity index (χ1v) is 6.57. The molecule has 1 fully saturated rings. The second-order valence-corrected chi connectivity index (χ2v) is 5.52. The van der Waals surface area contributed by atoms with Crippen LogP contribution in [0.2, 0.25) is 0 Å². The highest BCUT2D eigenvalue weighted by Crippen LogP contribution is 2.20. The lowest BCUT2D eigenvalue weighted by Crippen LogP contribution is -2.48. The Hall–Kier alpha value is -1.40. The van der Waals surface area contributed by atoms with Crippen molar-refractivity contribution < 1.29 is 19.4 Å². The van der Waals surface area contributed by atoms with Crippen LogP contribution in [0, 0.1) is 0 Å². The fourth-order valence-electron chi connectivity index (χ4n) is 2.07. The average molecular weight is 269 g/mol. The molecule has 6 heteroatoms. The van der Waals surface area contributed by atoms with Crippen LogP contribution < -0.4 is 0 Å². The van der Waals surface area contributed by atoms with Gasteiger partial charge in [-0.05, 0) is 26.0 Å². The number of ether oxygens (including phenoxy) is 1. The van der Waals surface area contributed by atoms with Gasteiger partial charge in [0.1, 0.15) is 4.88 Å². The molecule has 0 aromatic carbocycles. The van der Waals surface area contributed by atoms with Gasteiger partial charge in [-0.2, -0.15) is 0 Å². The van der Waals surface area contributed by atoms with Gasteiger partial charge in [-0.25, -0.2) is 4.79 Å². The monoisotopic (exact) mass is 269 g/mol. The van der Waals surface area contributed by atoms with Crippen molar-refractivity contribution in [2.24, 2.45) is 0 Å². The van der Waals surface area contributed by atoms with E-state index in [-0.39, 0.29) is 23.0 Å². The van der Waals surface area contributed by atoms with Gasteiger partial charge in [0, 0.05) is 13.1 Å². The first kappa shape index (κ1) is 13.0. The molecule has 2 rings (SSSR count). The third-order valence-electron chi connectivity index (χ3n) is 2.73. The fourth-order valence-corrected chi connectivity index (χ4v) is 2.88. The molecule has 5 nitrogen and oxygen atoms in total. The lowest BCUT2D eigenvalue weighted by atomic mass is 10.2. The molecule has 0 saturated carbocycles. The normalized spacial score (nSPS) is 24.0. The summed E-state index contributed by atoms with van der Waals surface area (Å²) in [5, 5.41) is 8.84. The molecule has 0 bridgehead atoms. The number of carbonyl (C=O) groups excluding carboxylic acids is 1. The highest BCUT2D eigenvalue weighted by Gasteiger charge is 2.27. The second-order valence-electron chi connectivity index (χ2n) is 4.44. The van der Waals surface area contributed by atoms with Crippen LogP contribution in [0.5, 0.6) is 0 Å². The van der Waals surface area contributed by atoms with Crippen LogP contribution in [0.1, 0.15) is 33.2 Å². The first-order valence-electron chi connectivity index (χ1n) is 5.75. The number of aromatic carboxylic acids is 1. The van der Waals surface area contributed by atoms with E-state index in [4.69, 9.17) is 9.84 Å². The molecule has 0 spiro atoms. The van der Waals surface area contributed by atoms with Gasteiger partial charge in [0.05, 0.1) is 17.1 Å². The number of amides is 1. The van der Waals surface area contributed by atoms with Gasteiger partial charge in [-0.15, -0.1) is 11.3 Å². The summed E-state index contributed by atoms with van der Waals surface area (Å²) in [7, 11) is 0. The van der Waals surface area contributed by atoms with Crippen LogP contribution in [0.4, 0.5) is 0 Å². The Labute approximate surface area is 109 Å². The van der Waals surface area contributed by atoms with E-state index in [1.54, 1.807) is 11.0 Å². The predicted octanol–water partition coefficient (Wildman–Crippen LogP) is 1.70. The van der Waals surface area contributed by atoms with E-state index in [0.29, 0.717) is 18.0 Å². The molecule has 0 aliphatic carbocycles. The zero-order valence-corrected chi connectivity index (χ0v) is 11.1. The van der Waals surface area contributed by atoms with Gasteiger partial charge < -0.3 is 14.7 Å². The van der Waals surface area contributed by atoms with Crippen molar-refractivity contribution in [3.8, 4) is 0 Å². The van der Waals surface area contributed by atoms with Crippen molar-refractivity contribution >= 4 is 23.2 Å². The summed E-state index contributed by atoms with van der Waals surface area (Å²) in [5.41, 5.74) is 0. The number of carbonyl (C=O) groups is 2. The average Bonchev–Trinajstić information content (AvgIpc) is 2.75. The number of morpholine rings is 1. The Morgan fingerprint density at radius 3 is 2.33 bits per heavy atom. The van der Waals surface area contributed by atoms with Crippen LogP contribution in [-0.4, -0.2) is 47.2 Å². The van der Waals surface area contributed by atoms with Crippen LogP contribution in [0.15, 0.2) is 12.1 Å². The van der Waals surface area contributed by atoms with Crippen LogP contribution >= 0.6 is 11.3 Å². The van der Waals surface area contributed by atoms with E-state index in [1.807, 2.05) is 13.8 Å². The van der Waals surface area contributed by atoms with Crippen molar-refractivity contribution in [1.82, 2.24) is 4.90 Å². The Morgan fingerprint density at radius 1 is 1.28 bits per heavy atom. The quantitative estimate of drug-likeness (QED) is 0.887. The number of carboxylic acid groups (broad SMARTS) is 1. The van der Waals surface area contributed by atoms with Gasteiger partial charge in [-0.1, -0.05) is 0 Å². The number of nitrogens with zero attached hydrogens (tertiary/aromatic N) is 1. The SMILES string of the molecule is CC1CN(C(=O)c2ccc(C(=O)O)s2)CC(C)O1. The molecule has 2 unspecified atom stereocenters. The molecule has 2 heterocycles. The molecule has 1 N–H and O–H groups in total. The summed E-state index contributed by atoms with van der Waals surface area (Å²) in [6, 6.07) is 3.04. The Morgan fingerprint density at radius 2 is 1.83 bits per heavy atom. The number of thiophene rings is 1. The molecule has 1 aliphatic heterocycles. The van der Waals surface area contributed by atoms with E-state index >= 15 is 0 Å². The van der Waals surface area contributed by atoms with Crippen molar-refractivity contribution in [3.63, 3.8) is 0 Å². The molecular formula is C12H15NO4S. The zero-order chi connectivity index (χ0) is 13.3. The van der Waals surface area contributed by atoms with Gasteiger partial charge in [0.2, 0.25) is 0 Å². The van der Waals surface area contributed by atoms with E-state index in [0.717, 1.165) is 11.3 Å². The zero-order valence-electron chi connectivity index (χ0n) is 10.3. The highest BCUT2D eigenvalue weighted by molar-refractivity contribution is 7.15. The van der Waals surface area contributed by atoms with E-state index < -0.39 is 5.97 Å². The number of rotatable bonds is 2. The minimum Gasteiger partial charge on any atom is -0.477 e. The molecule has 18 heavy (non-hydrogen) atoms. The van der Waals surface area contributed by atoms with E-state index in [9.17, 15) is 9.59 Å². The summed E-state index contributed by atoms with van der Waals surface area (Å²) in [6.07, 6.45) is 0.0215. The molecular weight excluding hydrogens is 254 g/mol. The predicted molar refractivity (Wildman–Crippen MR) is 67.2 cm³/mol. The third kappa shape index (κ3) is 2.70. The Balaban J connectivity index is 2.12. The summed E-state index contributed by atoms with van der Waals surface area (Å²) >= 11 is 1.01. The molecule has 1 aromatic heterocycles. The van der Waals surface area contributed by atoms with Crippen molar-refractivity contribution in [2.45, 2.75) is 26.1 Å². The van der Waals surface area contributed by atoms with Crippen LogP contribution in [0.25, 0.3) is 0 Å². The summed E-state index contributed by atoms with van der Waals surface area (Å²) in [5.74, 6) is -1.11. The lowest BCUT2D eigenvalue weighted by molar-refractivity contribution is -0.0585. The largest absolute Gasteiger partial charge is 0.477 e.